The fraction of sp³-hybridized carbons (Fsp3) is 0.238. The third-order valence-corrected chi connectivity index (χ3v) is 5.00. The van der Waals surface area contributed by atoms with Gasteiger partial charge in [0, 0.05) is 21.8 Å². The van der Waals surface area contributed by atoms with Gasteiger partial charge in [0.05, 0.1) is 18.7 Å². The van der Waals surface area contributed by atoms with Gasteiger partial charge in [-0.15, -0.1) is 0 Å². The maximum Gasteiger partial charge on any atom is 0.416 e. The lowest BCUT2D eigenvalue weighted by Gasteiger charge is -2.18. The smallest absolute Gasteiger partial charge is 0.416 e. The normalized spacial score (nSPS) is 14.2. The van der Waals surface area contributed by atoms with E-state index in [0.717, 1.165) is 6.07 Å². The Morgan fingerprint density at radius 2 is 2.00 bits per heavy atom. The minimum absolute atomic E-state index is 0.0367. The number of fused-ring (bicyclic) bond motifs is 1. The Kier molecular flexibility index (Phi) is 5.84. The van der Waals surface area contributed by atoms with E-state index in [0.29, 0.717) is 21.3 Å². The van der Waals surface area contributed by atoms with Crippen LogP contribution in [0.2, 0.25) is 0 Å². The number of nitrogens with zero attached hydrogens (tertiary/aromatic N) is 1. The van der Waals surface area contributed by atoms with E-state index < -0.39 is 23.6 Å². The zero-order chi connectivity index (χ0) is 21.3. The molecule has 0 unspecified atom stereocenters. The lowest BCUT2D eigenvalue weighted by molar-refractivity contribution is -0.138. The van der Waals surface area contributed by atoms with Gasteiger partial charge < -0.3 is 9.64 Å². The van der Waals surface area contributed by atoms with Crippen LogP contribution < -0.4 is 4.90 Å². The van der Waals surface area contributed by atoms with Gasteiger partial charge in [0.1, 0.15) is 0 Å². The third-order valence-electron chi connectivity index (χ3n) is 4.54. The molecule has 4 nitrogen and oxygen atoms in total. The first-order valence-corrected chi connectivity index (χ1v) is 9.58. The molecule has 1 amide bonds. The van der Waals surface area contributed by atoms with E-state index in [2.05, 4.69) is 15.9 Å². The molecule has 29 heavy (non-hydrogen) atoms. The van der Waals surface area contributed by atoms with Crippen molar-refractivity contribution in [1.82, 2.24) is 0 Å². The molecule has 0 saturated heterocycles. The molecular weight excluding hydrogens is 451 g/mol. The monoisotopic (exact) mass is 467 g/mol. The molecule has 1 aliphatic rings. The Bertz CT molecular complexity index is 1010. The lowest BCUT2D eigenvalue weighted by Crippen LogP contribution is -2.23. The summed E-state index contributed by atoms with van der Waals surface area (Å²) in [5, 5.41) is 0. The number of amides is 1. The molecule has 0 N–H and O–H groups in total. The number of anilines is 1. The van der Waals surface area contributed by atoms with Crippen LogP contribution in [0.25, 0.3) is 5.57 Å². The Balaban J connectivity index is 1.99. The molecule has 0 atom stereocenters. The summed E-state index contributed by atoms with van der Waals surface area (Å²) in [7, 11) is 0. The summed E-state index contributed by atoms with van der Waals surface area (Å²) >= 11 is 3.37. The number of carbonyl (C=O) groups is 2. The molecule has 1 aliphatic heterocycles. The quantitative estimate of drug-likeness (QED) is 0.434. The molecule has 0 bridgehead atoms. The summed E-state index contributed by atoms with van der Waals surface area (Å²) in [6.45, 7) is 3.48. The Hall–Kier alpha value is -2.61. The number of halogens is 4. The van der Waals surface area contributed by atoms with E-state index in [1.807, 2.05) is 0 Å². The summed E-state index contributed by atoms with van der Waals surface area (Å²) in [5.74, 6) is -0.992. The van der Waals surface area contributed by atoms with Gasteiger partial charge in [-0.3, -0.25) is 4.79 Å². The van der Waals surface area contributed by atoms with E-state index in [1.54, 1.807) is 32.0 Å². The number of rotatable bonds is 4. The highest BCUT2D eigenvalue weighted by Crippen LogP contribution is 2.39. The van der Waals surface area contributed by atoms with Gasteiger partial charge >= 0.3 is 12.1 Å². The molecule has 0 aliphatic carbocycles. The maximum absolute atomic E-state index is 13.3. The third kappa shape index (κ3) is 4.37. The van der Waals surface area contributed by atoms with E-state index in [-0.39, 0.29) is 24.3 Å². The Morgan fingerprint density at radius 1 is 1.28 bits per heavy atom. The second-order valence-corrected chi connectivity index (χ2v) is 7.41. The molecule has 0 aromatic heterocycles. The molecular formula is C21H17BrF3NO3. The first kappa shape index (κ1) is 21.1. The zero-order valence-electron chi connectivity index (χ0n) is 15.6. The number of ether oxygens (including phenoxy) is 1. The molecule has 2 aromatic carbocycles. The van der Waals surface area contributed by atoms with Crippen molar-refractivity contribution in [3.63, 3.8) is 0 Å². The van der Waals surface area contributed by atoms with Crippen LogP contribution in [0.15, 0.2) is 46.9 Å². The van der Waals surface area contributed by atoms with Gasteiger partial charge in [-0.05, 0) is 60.9 Å². The van der Waals surface area contributed by atoms with E-state index >= 15 is 0 Å². The molecule has 0 fully saturated rings. The first-order valence-electron chi connectivity index (χ1n) is 8.78. The van der Waals surface area contributed by atoms with Gasteiger partial charge in [0.15, 0.2) is 0 Å². The predicted octanol–water partition coefficient (Wildman–Crippen LogP) is 5.59. The average Bonchev–Trinajstić information content (AvgIpc) is 2.97. The molecule has 1 heterocycles. The molecule has 152 valence electrons. The van der Waals surface area contributed by atoms with Crippen molar-refractivity contribution < 1.29 is 27.5 Å². The topological polar surface area (TPSA) is 46.6 Å². The van der Waals surface area contributed by atoms with Crippen LogP contribution in [0, 0.1) is 0 Å². The van der Waals surface area contributed by atoms with Crippen LogP contribution in [0.5, 0.6) is 0 Å². The van der Waals surface area contributed by atoms with Gasteiger partial charge in [0.25, 0.3) is 5.91 Å². The molecule has 0 saturated carbocycles. The maximum atomic E-state index is 13.3. The second kappa shape index (κ2) is 8.02. The standard InChI is InChI=1S/C21H17BrF3NO3/c1-3-29-19(27)7-12(2)13-8-14(22)10-15(9-13)26-11-17-16(20(26)28)5-4-6-18(17)21(23,24)25/h4-10H,3,11H2,1-2H3/b12-7+. The summed E-state index contributed by atoms with van der Waals surface area (Å²) in [6.07, 6.45) is -3.21. The zero-order valence-corrected chi connectivity index (χ0v) is 17.2. The molecule has 3 rings (SSSR count). The van der Waals surface area contributed by atoms with Gasteiger partial charge in [-0.25, -0.2) is 4.79 Å². The van der Waals surface area contributed by atoms with Crippen LogP contribution >= 0.6 is 15.9 Å². The van der Waals surface area contributed by atoms with Crippen LogP contribution in [0.1, 0.15) is 40.9 Å². The Morgan fingerprint density at radius 3 is 2.66 bits per heavy atom. The highest BCUT2D eigenvalue weighted by molar-refractivity contribution is 9.10. The largest absolute Gasteiger partial charge is 0.463 e. The SMILES string of the molecule is CCOC(=O)/C=C(\C)c1cc(Br)cc(N2Cc3c(cccc3C(F)(F)F)C2=O)c1. The molecule has 0 spiro atoms. The van der Waals surface area contributed by atoms with Crippen molar-refractivity contribution in [3.05, 3.63) is 69.2 Å². The van der Waals surface area contributed by atoms with Crippen LogP contribution in [0.4, 0.5) is 18.9 Å². The van der Waals surface area contributed by atoms with Crippen molar-refractivity contribution in [1.29, 1.82) is 0 Å². The van der Waals surface area contributed by atoms with Crippen LogP contribution in [-0.2, 0) is 22.3 Å². The molecule has 0 radical (unpaired) electrons. The highest BCUT2D eigenvalue weighted by Gasteiger charge is 2.39. The highest BCUT2D eigenvalue weighted by atomic mass is 79.9. The molecule has 8 heteroatoms. The minimum atomic E-state index is -4.54. The van der Waals surface area contributed by atoms with Gasteiger partial charge in [-0.2, -0.15) is 13.2 Å². The van der Waals surface area contributed by atoms with E-state index in [9.17, 15) is 22.8 Å². The fourth-order valence-electron chi connectivity index (χ4n) is 3.21. The van der Waals surface area contributed by atoms with Crippen molar-refractivity contribution in [3.8, 4) is 0 Å². The molecule has 2 aromatic rings. The number of allylic oxidation sites excluding steroid dienone is 1. The summed E-state index contributed by atoms with van der Waals surface area (Å²) in [5.41, 5.74) is 0.874. The van der Waals surface area contributed by atoms with Crippen molar-refractivity contribution in [2.75, 3.05) is 11.5 Å². The predicted molar refractivity (Wildman–Crippen MR) is 106 cm³/mol. The number of hydrogen-bond acceptors (Lipinski definition) is 3. The number of carbonyl (C=O) groups excluding carboxylic acids is 2. The van der Waals surface area contributed by atoms with E-state index in [4.69, 9.17) is 4.74 Å². The minimum Gasteiger partial charge on any atom is -0.463 e. The number of hydrogen-bond donors (Lipinski definition) is 0. The van der Waals surface area contributed by atoms with Gasteiger partial charge in [0.2, 0.25) is 0 Å². The van der Waals surface area contributed by atoms with Crippen LogP contribution in [-0.4, -0.2) is 18.5 Å². The average molecular weight is 468 g/mol. The van der Waals surface area contributed by atoms with Gasteiger partial charge in [-0.1, -0.05) is 22.0 Å². The number of esters is 1. The summed E-state index contributed by atoms with van der Waals surface area (Å²) in [6, 6.07) is 8.68. The van der Waals surface area contributed by atoms with Crippen molar-refractivity contribution in [2.45, 2.75) is 26.6 Å². The first-order chi connectivity index (χ1) is 13.6. The van der Waals surface area contributed by atoms with E-state index in [1.165, 1.54) is 23.1 Å². The van der Waals surface area contributed by atoms with Crippen molar-refractivity contribution in [2.24, 2.45) is 0 Å². The summed E-state index contributed by atoms with van der Waals surface area (Å²) in [4.78, 5) is 25.8. The van der Waals surface area contributed by atoms with Crippen molar-refractivity contribution >= 4 is 39.1 Å². The fourth-order valence-corrected chi connectivity index (χ4v) is 3.69. The Labute approximate surface area is 174 Å². The summed E-state index contributed by atoms with van der Waals surface area (Å²) < 4.78 is 45.5. The lowest BCUT2D eigenvalue weighted by atomic mass is 10.0. The van der Waals surface area contributed by atoms with Crippen LogP contribution in [0.3, 0.4) is 0 Å². The number of alkyl halides is 3. The number of benzene rings is 2. The second-order valence-electron chi connectivity index (χ2n) is 6.50.